The van der Waals surface area contributed by atoms with Crippen molar-refractivity contribution in [3.05, 3.63) is 70.8 Å². The summed E-state index contributed by atoms with van der Waals surface area (Å²) in [6, 6.07) is 10.2. The molecule has 8 nitrogen and oxygen atoms in total. The van der Waals surface area contributed by atoms with Gasteiger partial charge in [-0.3, -0.25) is 9.79 Å². The number of nitrogens with one attached hydrogen (secondary N) is 1. The molecule has 0 aliphatic carbocycles. The second-order valence-electron chi connectivity index (χ2n) is 7.88. The highest BCUT2D eigenvalue weighted by atomic mass is 35.5. The van der Waals surface area contributed by atoms with Crippen LogP contribution in [0.4, 0.5) is 13.2 Å². The van der Waals surface area contributed by atoms with Crippen molar-refractivity contribution in [2.45, 2.75) is 17.8 Å². The third-order valence-corrected chi connectivity index (χ3v) is 7.45. The van der Waals surface area contributed by atoms with Crippen molar-refractivity contribution in [2.24, 2.45) is 4.99 Å². The average Bonchev–Trinajstić information content (AvgIpc) is 3.33. The van der Waals surface area contributed by atoms with Crippen LogP contribution in [-0.4, -0.2) is 69.5 Å². The molecule has 13 heteroatoms. The molecule has 2 aromatic carbocycles. The molecule has 1 N–H and O–H groups in total. The Labute approximate surface area is 212 Å². The minimum absolute atomic E-state index is 0.164. The Kier molecular flexibility index (Phi) is 8.64. The maximum absolute atomic E-state index is 12.8. The Bertz CT molecular complexity index is 1270. The number of nitrogens with zero attached hydrogens (tertiary/aromatic N) is 3. The van der Waals surface area contributed by atoms with Gasteiger partial charge < -0.3 is 15.0 Å². The molecule has 0 fully saturated rings. The number of halogens is 4. The topological polar surface area (TPSA) is 91.3 Å². The molecule has 1 aliphatic rings. The Morgan fingerprint density at radius 1 is 1.19 bits per heavy atom. The summed E-state index contributed by atoms with van der Waals surface area (Å²) in [5.74, 6) is -0.125. The number of carbonyl (C=O) groups excluding carboxylic acids is 1. The zero-order chi connectivity index (χ0) is 26.5. The third-order valence-electron chi connectivity index (χ3n) is 5.15. The van der Waals surface area contributed by atoms with Gasteiger partial charge in [0.25, 0.3) is 0 Å². The molecule has 0 spiro atoms. The number of carbonyl (C=O) groups is 1. The van der Waals surface area contributed by atoms with E-state index in [1.165, 1.54) is 24.1 Å². The van der Waals surface area contributed by atoms with Crippen LogP contribution in [0, 0.1) is 0 Å². The van der Waals surface area contributed by atoms with Gasteiger partial charge in [0.05, 0.1) is 11.6 Å². The number of hydrogen-bond acceptors (Lipinski definition) is 6. The lowest BCUT2D eigenvalue weighted by atomic mass is 10.1. The van der Waals surface area contributed by atoms with Gasteiger partial charge in [-0.05, 0) is 17.7 Å². The second kappa shape index (κ2) is 11.3. The van der Waals surface area contributed by atoms with E-state index in [0.29, 0.717) is 6.54 Å². The largest absolute Gasteiger partial charge is 0.573 e. The minimum Gasteiger partial charge on any atom is -0.406 e. The van der Waals surface area contributed by atoms with Crippen molar-refractivity contribution >= 4 is 33.4 Å². The standard InChI is InChI=1S/C23H24ClF3N4O4S/c1-30(15-16-5-7-17(8-6-16)22-28-11-12-29-22)21(32)4-3-13-31(2)36(33,34)20-10-9-18(14-19(20)24)35-23(25,26)27/h3-10,14H,11-13,15H2,1-2H3,(H,28,29). The predicted molar refractivity (Wildman–Crippen MR) is 129 cm³/mol. The molecule has 0 unspecified atom stereocenters. The maximum atomic E-state index is 12.8. The van der Waals surface area contributed by atoms with Crippen molar-refractivity contribution in [2.75, 3.05) is 33.7 Å². The molecular formula is C23H24ClF3N4O4S. The van der Waals surface area contributed by atoms with Gasteiger partial charge >= 0.3 is 6.36 Å². The number of likely N-dealkylation sites (N-methyl/N-ethyl adjacent to an activating group) is 2. The molecule has 2 aromatic rings. The molecule has 194 valence electrons. The highest BCUT2D eigenvalue weighted by molar-refractivity contribution is 7.89. The highest BCUT2D eigenvalue weighted by Crippen LogP contribution is 2.31. The zero-order valence-electron chi connectivity index (χ0n) is 19.4. The predicted octanol–water partition coefficient (Wildman–Crippen LogP) is 3.42. The lowest BCUT2D eigenvalue weighted by Crippen LogP contribution is -2.28. The highest BCUT2D eigenvalue weighted by Gasteiger charge is 2.32. The Morgan fingerprint density at radius 3 is 2.47 bits per heavy atom. The van der Waals surface area contributed by atoms with Crippen LogP contribution < -0.4 is 10.1 Å². The van der Waals surface area contributed by atoms with E-state index in [2.05, 4.69) is 15.0 Å². The van der Waals surface area contributed by atoms with Crippen molar-refractivity contribution in [3.8, 4) is 5.75 Å². The smallest absolute Gasteiger partial charge is 0.406 e. The van der Waals surface area contributed by atoms with E-state index in [4.69, 9.17) is 11.6 Å². The SMILES string of the molecule is CN(Cc1ccc(C2=NCCN2)cc1)C(=O)C=CCN(C)S(=O)(=O)c1ccc(OC(F)(F)F)cc1Cl. The van der Waals surface area contributed by atoms with Crippen molar-refractivity contribution in [1.29, 1.82) is 0 Å². The second-order valence-corrected chi connectivity index (χ2v) is 10.3. The van der Waals surface area contributed by atoms with Gasteiger partial charge in [-0.25, -0.2) is 8.42 Å². The molecule has 1 aliphatic heterocycles. The summed E-state index contributed by atoms with van der Waals surface area (Å²) < 4.78 is 67.2. The van der Waals surface area contributed by atoms with Crippen LogP contribution in [0.3, 0.4) is 0 Å². The van der Waals surface area contributed by atoms with E-state index < -0.39 is 27.2 Å². The first-order valence-electron chi connectivity index (χ1n) is 10.7. The average molecular weight is 545 g/mol. The molecule has 0 saturated heterocycles. The molecule has 1 heterocycles. The number of ether oxygens (including phenoxy) is 1. The number of sulfonamides is 1. The normalized spacial score (nSPS) is 14.1. The van der Waals surface area contributed by atoms with Crippen LogP contribution in [0.5, 0.6) is 5.75 Å². The van der Waals surface area contributed by atoms with Gasteiger partial charge in [-0.1, -0.05) is 41.9 Å². The number of aliphatic imine (C=N–C) groups is 1. The summed E-state index contributed by atoms with van der Waals surface area (Å²) in [6.07, 6.45) is -2.31. The van der Waals surface area contributed by atoms with Gasteiger partial charge in [0.1, 0.15) is 16.5 Å². The number of hydrogen-bond donors (Lipinski definition) is 1. The Hall–Kier alpha value is -3.09. The first-order chi connectivity index (χ1) is 16.9. The van der Waals surface area contributed by atoms with Crippen LogP contribution >= 0.6 is 11.6 Å². The van der Waals surface area contributed by atoms with Crippen molar-refractivity contribution in [3.63, 3.8) is 0 Å². The van der Waals surface area contributed by atoms with E-state index in [1.807, 2.05) is 24.3 Å². The Balaban J connectivity index is 1.56. The summed E-state index contributed by atoms with van der Waals surface area (Å²) in [7, 11) is -1.26. The molecule has 0 saturated carbocycles. The fraction of sp³-hybridized carbons (Fsp3) is 0.304. The summed E-state index contributed by atoms with van der Waals surface area (Å²) in [5.41, 5.74) is 1.88. The quantitative estimate of drug-likeness (QED) is 0.489. The van der Waals surface area contributed by atoms with E-state index in [1.54, 1.807) is 7.05 Å². The Morgan fingerprint density at radius 2 is 1.89 bits per heavy atom. The van der Waals surface area contributed by atoms with E-state index in [9.17, 15) is 26.4 Å². The van der Waals surface area contributed by atoms with Crippen LogP contribution in [0.1, 0.15) is 11.1 Å². The maximum Gasteiger partial charge on any atom is 0.573 e. The lowest BCUT2D eigenvalue weighted by molar-refractivity contribution is -0.274. The van der Waals surface area contributed by atoms with Crippen LogP contribution in [-0.2, 0) is 21.4 Å². The molecular weight excluding hydrogens is 521 g/mol. The summed E-state index contributed by atoms with van der Waals surface area (Å²) in [5, 5.41) is 2.77. The number of benzene rings is 2. The summed E-state index contributed by atoms with van der Waals surface area (Å²) >= 11 is 5.89. The molecule has 0 atom stereocenters. The van der Waals surface area contributed by atoms with Gasteiger partial charge in [0.15, 0.2) is 0 Å². The fourth-order valence-electron chi connectivity index (χ4n) is 3.29. The molecule has 0 aromatic heterocycles. The van der Waals surface area contributed by atoms with E-state index >= 15 is 0 Å². The number of alkyl halides is 3. The van der Waals surface area contributed by atoms with Crippen molar-refractivity contribution < 1.29 is 31.1 Å². The first-order valence-corrected chi connectivity index (χ1v) is 12.5. The minimum atomic E-state index is -4.93. The van der Waals surface area contributed by atoms with Crippen LogP contribution in [0.2, 0.25) is 5.02 Å². The third kappa shape index (κ3) is 7.21. The van der Waals surface area contributed by atoms with Crippen LogP contribution in [0.15, 0.2) is 64.5 Å². The molecule has 0 radical (unpaired) electrons. The van der Waals surface area contributed by atoms with E-state index in [-0.39, 0.29) is 17.3 Å². The first kappa shape index (κ1) is 27.5. The van der Waals surface area contributed by atoms with Crippen LogP contribution in [0.25, 0.3) is 0 Å². The number of amides is 1. The molecule has 0 bridgehead atoms. The fourth-order valence-corrected chi connectivity index (χ4v) is 4.92. The zero-order valence-corrected chi connectivity index (χ0v) is 21.0. The molecule has 3 rings (SSSR count). The monoisotopic (exact) mass is 544 g/mol. The lowest BCUT2D eigenvalue weighted by Gasteiger charge is -2.18. The summed E-state index contributed by atoms with van der Waals surface area (Å²) in [6.45, 7) is 1.74. The van der Waals surface area contributed by atoms with Crippen molar-refractivity contribution in [1.82, 2.24) is 14.5 Å². The van der Waals surface area contributed by atoms with Gasteiger partial charge in [0, 0.05) is 51.4 Å². The molecule has 36 heavy (non-hydrogen) atoms. The van der Waals surface area contributed by atoms with Gasteiger partial charge in [-0.15, -0.1) is 13.2 Å². The van der Waals surface area contributed by atoms with Gasteiger partial charge in [0.2, 0.25) is 15.9 Å². The van der Waals surface area contributed by atoms with Gasteiger partial charge in [-0.2, -0.15) is 4.31 Å². The number of amidine groups is 1. The number of rotatable bonds is 9. The summed E-state index contributed by atoms with van der Waals surface area (Å²) in [4.78, 5) is 17.9. The molecule has 1 amide bonds. The van der Waals surface area contributed by atoms with E-state index in [0.717, 1.165) is 52.6 Å².